The van der Waals surface area contributed by atoms with Gasteiger partial charge in [0.15, 0.2) is 0 Å². The van der Waals surface area contributed by atoms with Gasteiger partial charge in [0.2, 0.25) is 0 Å². The van der Waals surface area contributed by atoms with Gasteiger partial charge < -0.3 is 15.3 Å². The van der Waals surface area contributed by atoms with Gasteiger partial charge in [0.1, 0.15) is 5.54 Å². The third-order valence-electron chi connectivity index (χ3n) is 3.71. The van der Waals surface area contributed by atoms with Gasteiger partial charge in [-0.1, -0.05) is 13.8 Å². The average molecular weight is 228 g/mol. The second-order valence-electron chi connectivity index (χ2n) is 4.73. The van der Waals surface area contributed by atoms with Crippen molar-refractivity contribution in [1.29, 1.82) is 0 Å². The number of hydrogen-bond donors (Lipinski definition) is 2. The molecule has 4 nitrogen and oxygen atoms in total. The van der Waals surface area contributed by atoms with Crippen molar-refractivity contribution < 1.29 is 9.90 Å². The number of carboxylic acids is 1. The molecule has 1 rings (SSSR count). The second-order valence-corrected chi connectivity index (χ2v) is 4.73. The van der Waals surface area contributed by atoms with E-state index in [0.717, 1.165) is 19.1 Å². The van der Waals surface area contributed by atoms with Crippen LogP contribution in [-0.4, -0.2) is 47.7 Å². The average Bonchev–Trinajstić information content (AvgIpc) is 3.07. The van der Waals surface area contributed by atoms with Crippen molar-refractivity contribution >= 4 is 5.97 Å². The highest BCUT2D eigenvalue weighted by Gasteiger charge is 2.34. The fourth-order valence-electron chi connectivity index (χ4n) is 2.05. The van der Waals surface area contributed by atoms with Crippen LogP contribution in [0.15, 0.2) is 0 Å². The summed E-state index contributed by atoms with van der Waals surface area (Å²) < 4.78 is 0. The van der Waals surface area contributed by atoms with Crippen LogP contribution in [0, 0.1) is 0 Å². The van der Waals surface area contributed by atoms with Crippen LogP contribution >= 0.6 is 0 Å². The maximum absolute atomic E-state index is 11.2. The van der Waals surface area contributed by atoms with E-state index in [1.165, 1.54) is 12.8 Å². The zero-order chi connectivity index (χ0) is 12.2. The number of aliphatic carboxylic acids is 1. The van der Waals surface area contributed by atoms with Crippen molar-refractivity contribution in [3.63, 3.8) is 0 Å². The standard InChI is InChI=1S/C12H24N2O2/c1-4-12(5-2,11(15)16)13-8-9-14(3)10-6-7-10/h10,13H,4-9H2,1-3H3,(H,15,16). The van der Waals surface area contributed by atoms with Crippen LogP contribution in [0.1, 0.15) is 39.5 Å². The third kappa shape index (κ3) is 3.19. The maximum atomic E-state index is 11.2. The molecule has 1 saturated carbocycles. The Bertz CT molecular complexity index is 235. The van der Waals surface area contributed by atoms with E-state index in [-0.39, 0.29) is 0 Å². The number of likely N-dealkylation sites (N-methyl/N-ethyl adjacent to an activating group) is 1. The lowest BCUT2D eigenvalue weighted by Crippen LogP contribution is -2.53. The molecule has 0 unspecified atom stereocenters. The predicted octanol–water partition coefficient (Wildman–Crippen LogP) is 1.31. The number of carboxylic acid groups (broad SMARTS) is 1. The molecular weight excluding hydrogens is 204 g/mol. The van der Waals surface area contributed by atoms with Crippen LogP contribution < -0.4 is 5.32 Å². The molecule has 0 aromatic carbocycles. The summed E-state index contributed by atoms with van der Waals surface area (Å²) in [6, 6.07) is 0.740. The quantitative estimate of drug-likeness (QED) is 0.658. The van der Waals surface area contributed by atoms with Crippen LogP contribution in [0.25, 0.3) is 0 Å². The van der Waals surface area contributed by atoms with Gasteiger partial charge in [0.05, 0.1) is 0 Å². The van der Waals surface area contributed by atoms with Gasteiger partial charge in [-0.05, 0) is 32.7 Å². The van der Waals surface area contributed by atoms with Crippen LogP contribution in [0.2, 0.25) is 0 Å². The zero-order valence-electron chi connectivity index (χ0n) is 10.6. The van der Waals surface area contributed by atoms with Gasteiger partial charge in [0, 0.05) is 19.1 Å². The Kier molecular flexibility index (Phi) is 4.74. The third-order valence-corrected chi connectivity index (χ3v) is 3.71. The second kappa shape index (κ2) is 5.64. The Morgan fingerprint density at radius 1 is 1.44 bits per heavy atom. The first-order valence-electron chi connectivity index (χ1n) is 6.24. The first kappa shape index (κ1) is 13.5. The lowest BCUT2D eigenvalue weighted by molar-refractivity contribution is -0.145. The molecule has 0 aromatic heterocycles. The van der Waals surface area contributed by atoms with Gasteiger partial charge in [0.25, 0.3) is 0 Å². The molecule has 0 saturated heterocycles. The Labute approximate surface area is 98.0 Å². The minimum atomic E-state index is -0.732. The van der Waals surface area contributed by atoms with E-state index in [0.29, 0.717) is 12.8 Å². The SMILES string of the molecule is CCC(CC)(NCCN(C)C1CC1)C(=O)O. The molecule has 94 valence electrons. The smallest absolute Gasteiger partial charge is 0.323 e. The molecule has 0 aromatic rings. The van der Waals surface area contributed by atoms with Crippen molar-refractivity contribution in [1.82, 2.24) is 10.2 Å². The number of nitrogens with zero attached hydrogens (tertiary/aromatic N) is 1. The first-order valence-corrected chi connectivity index (χ1v) is 6.24. The lowest BCUT2D eigenvalue weighted by Gasteiger charge is -2.29. The van der Waals surface area contributed by atoms with Crippen LogP contribution in [-0.2, 0) is 4.79 Å². The number of hydrogen-bond acceptors (Lipinski definition) is 3. The molecule has 4 heteroatoms. The van der Waals surface area contributed by atoms with Gasteiger partial charge in [-0.2, -0.15) is 0 Å². The summed E-state index contributed by atoms with van der Waals surface area (Å²) >= 11 is 0. The lowest BCUT2D eigenvalue weighted by atomic mass is 9.93. The van der Waals surface area contributed by atoms with Crippen LogP contribution in [0.3, 0.4) is 0 Å². The minimum Gasteiger partial charge on any atom is -0.480 e. The predicted molar refractivity (Wildman–Crippen MR) is 64.6 cm³/mol. The van der Waals surface area contributed by atoms with Crippen molar-refractivity contribution in [2.75, 3.05) is 20.1 Å². The van der Waals surface area contributed by atoms with E-state index in [2.05, 4.69) is 17.3 Å². The Morgan fingerprint density at radius 2 is 2.00 bits per heavy atom. The van der Waals surface area contributed by atoms with E-state index in [4.69, 9.17) is 0 Å². The van der Waals surface area contributed by atoms with Crippen molar-refractivity contribution in [3.8, 4) is 0 Å². The summed E-state index contributed by atoms with van der Waals surface area (Å²) in [5.74, 6) is -0.730. The summed E-state index contributed by atoms with van der Waals surface area (Å²) in [7, 11) is 2.11. The number of rotatable bonds is 8. The molecule has 1 aliphatic rings. The van der Waals surface area contributed by atoms with E-state index in [1.54, 1.807) is 0 Å². The molecule has 1 aliphatic carbocycles. The Morgan fingerprint density at radius 3 is 2.38 bits per heavy atom. The summed E-state index contributed by atoms with van der Waals surface area (Å²) in [6.07, 6.45) is 3.85. The number of nitrogens with one attached hydrogen (secondary N) is 1. The molecule has 1 fully saturated rings. The molecule has 0 spiro atoms. The number of carbonyl (C=O) groups is 1. The summed E-state index contributed by atoms with van der Waals surface area (Å²) in [6.45, 7) is 5.53. The molecule has 2 N–H and O–H groups in total. The molecular formula is C12H24N2O2. The molecule has 0 atom stereocenters. The molecule has 16 heavy (non-hydrogen) atoms. The van der Waals surface area contributed by atoms with E-state index in [1.807, 2.05) is 13.8 Å². The molecule has 0 aliphatic heterocycles. The van der Waals surface area contributed by atoms with Gasteiger partial charge in [-0.25, -0.2) is 0 Å². The molecule has 0 amide bonds. The highest BCUT2D eigenvalue weighted by atomic mass is 16.4. The fraction of sp³-hybridized carbons (Fsp3) is 0.917. The van der Waals surface area contributed by atoms with Crippen molar-refractivity contribution in [2.45, 2.75) is 51.1 Å². The van der Waals surface area contributed by atoms with Gasteiger partial charge in [-0.15, -0.1) is 0 Å². The fourth-order valence-corrected chi connectivity index (χ4v) is 2.05. The summed E-state index contributed by atoms with van der Waals surface area (Å²) in [5, 5.41) is 12.4. The van der Waals surface area contributed by atoms with Crippen LogP contribution in [0.5, 0.6) is 0 Å². The largest absolute Gasteiger partial charge is 0.480 e. The summed E-state index contributed by atoms with van der Waals surface area (Å²) in [5.41, 5.74) is -0.732. The molecule has 0 bridgehead atoms. The normalized spacial score (nSPS) is 16.8. The summed E-state index contributed by atoms with van der Waals surface area (Å²) in [4.78, 5) is 13.5. The first-order chi connectivity index (χ1) is 7.55. The molecule has 0 heterocycles. The van der Waals surface area contributed by atoms with Crippen LogP contribution in [0.4, 0.5) is 0 Å². The highest BCUT2D eigenvalue weighted by Crippen LogP contribution is 2.24. The highest BCUT2D eigenvalue weighted by molar-refractivity contribution is 5.78. The Balaban J connectivity index is 2.34. The van der Waals surface area contributed by atoms with E-state index >= 15 is 0 Å². The minimum absolute atomic E-state index is 0.631. The zero-order valence-corrected chi connectivity index (χ0v) is 10.6. The van der Waals surface area contributed by atoms with Crippen molar-refractivity contribution in [3.05, 3.63) is 0 Å². The van der Waals surface area contributed by atoms with E-state index < -0.39 is 11.5 Å². The Hall–Kier alpha value is -0.610. The molecule has 0 radical (unpaired) electrons. The van der Waals surface area contributed by atoms with Crippen molar-refractivity contribution in [2.24, 2.45) is 0 Å². The topological polar surface area (TPSA) is 52.6 Å². The maximum Gasteiger partial charge on any atom is 0.323 e. The van der Waals surface area contributed by atoms with Gasteiger partial charge >= 0.3 is 5.97 Å². The van der Waals surface area contributed by atoms with Gasteiger partial charge in [-0.3, -0.25) is 4.79 Å². The van der Waals surface area contributed by atoms with E-state index in [9.17, 15) is 9.90 Å². The monoisotopic (exact) mass is 228 g/mol.